The molecule has 182 valence electrons. The number of rotatable bonds is 7. The SMILES string of the molecule is CC1(C)CC(=O)N(CCc2ccc(OC(=O)N3CCN(CCc4c[nH]cn4)CC3)nc2)C(=O)C1. The lowest BCUT2D eigenvalue weighted by atomic mass is 9.81. The predicted octanol–water partition coefficient (Wildman–Crippen LogP) is 1.88. The molecule has 2 aromatic heterocycles. The lowest BCUT2D eigenvalue weighted by Crippen LogP contribution is -2.50. The van der Waals surface area contributed by atoms with Gasteiger partial charge in [0.15, 0.2) is 0 Å². The highest BCUT2D eigenvalue weighted by molar-refractivity contribution is 5.98. The van der Waals surface area contributed by atoms with Crippen LogP contribution in [0.15, 0.2) is 30.9 Å². The largest absolute Gasteiger partial charge is 0.416 e. The molecule has 0 aliphatic carbocycles. The number of likely N-dealkylation sites (tertiary alicyclic amines) is 1. The van der Waals surface area contributed by atoms with Crippen molar-refractivity contribution in [2.45, 2.75) is 39.5 Å². The Labute approximate surface area is 199 Å². The molecule has 2 saturated heterocycles. The van der Waals surface area contributed by atoms with Crippen LogP contribution in [-0.4, -0.2) is 86.8 Å². The number of pyridine rings is 1. The van der Waals surface area contributed by atoms with Gasteiger partial charge in [0.25, 0.3) is 0 Å². The first-order chi connectivity index (χ1) is 16.3. The number of H-pyrrole nitrogens is 1. The fourth-order valence-corrected chi connectivity index (χ4v) is 4.33. The molecule has 2 aliphatic heterocycles. The molecule has 0 radical (unpaired) electrons. The zero-order chi connectivity index (χ0) is 24.1. The highest BCUT2D eigenvalue weighted by Gasteiger charge is 2.37. The molecule has 3 amide bonds. The van der Waals surface area contributed by atoms with Crippen LogP contribution in [0.4, 0.5) is 4.79 Å². The molecule has 4 heterocycles. The molecular formula is C24H32N6O4. The molecule has 0 unspecified atom stereocenters. The van der Waals surface area contributed by atoms with Crippen LogP contribution in [-0.2, 0) is 22.4 Å². The number of imide groups is 1. The van der Waals surface area contributed by atoms with Crippen LogP contribution in [0.5, 0.6) is 5.88 Å². The zero-order valence-electron chi connectivity index (χ0n) is 19.8. The summed E-state index contributed by atoms with van der Waals surface area (Å²) in [6.07, 6.45) is 6.95. The van der Waals surface area contributed by atoms with Gasteiger partial charge in [-0.25, -0.2) is 14.8 Å². The van der Waals surface area contributed by atoms with Crippen LogP contribution in [0.1, 0.15) is 37.9 Å². The monoisotopic (exact) mass is 468 g/mol. The van der Waals surface area contributed by atoms with E-state index in [2.05, 4.69) is 19.9 Å². The Morgan fingerprint density at radius 1 is 1.03 bits per heavy atom. The minimum atomic E-state index is -0.403. The van der Waals surface area contributed by atoms with E-state index in [1.807, 2.05) is 26.1 Å². The van der Waals surface area contributed by atoms with E-state index in [0.717, 1.165) is 37.3 Å². The number of nitrogens with zero attached hydrogens (tertiary/aromatic N) is 5. The van der Waals surface area contributed by atoms with Crippen LogP contribution in [0.25, 0.3) is 0 Å². The number of piperidine rings is 1. The van der Waals surface area contributed by atoms with Crippen molar-refractivity contribution in [3.05, 3.63) is 42.1 Å². The van der Waals surface area contributed by atoms with E-state index in [4.69, 9.17) is 4.74 Å². The van der Waals surface area contributed by atoms with Gasteiger partial charge in [-0.3, -0.25) is 19.4 Å². The number of aromatic amines is 1. The summed E-state index contributed by atoms with van der Waals surface area (Å²) in [7, 11) is 0. The Morgan fingerprint density at radius 3 is 2.38 bits per heavy atom. The second-order valence-corrected chi connectivity index (χ2v) is 9.72. The molecule has 10 heteroatoms. The fourth-order valence-electron chi connectivity index (χ4n) is 4.33. The zero-order valence-corrected chi connectivity index (χ0v) is 19.8. The highest BCUT2D eigenvalue weighted by atomic mass is 16.6. The van der Waals surface area contributed by atoms with Gasteiger partial charge in [0.05, 0.1) is 12.0 Å². The number of nitrogens with one attached hydrogen (secondary N) is 1. The number of hydrogen-bond acceptors (Lipinski definition) is 7. The quantitative estimate of drug-likeness (QED) is 0.618. The number of carbonyl (C=O) groups is 3. The van der Waals surface area contributed by atoms with Gasteiger partial charge >= 0.3 is 6.09 Å². The van der Waals surface area contributed by atoms with Crippen LogP contribution < -0.4 is 4.74 Å². The van der Waals surface area contributed by atoms with Gasteiger partial charge in [-0.2, -0.15) is 0 Å². The number of aromatic nitrogens is 3. The van der Waals surface area contributed by atoms with Gasteiger partial charge in [0.1, 0.15) is 0 Å². The summed E-state index contributed by atoms with van der Waals surface area (Å²) in [5.74, 6) is -0.0106. The van der Waals surface area contributed by atoms with Gasteiger partial charge in [-0.1, -0.05) is 19.9 Å². The molecule has 0 saturated carbocycles. The Hall–Kier alpha value is -3.27. The van der Waals surface area contributed by atoms with Crippen molar-refractivity contribution in [1.29, 1.82) is 0 Å². The topological polar surface area (TPSA) is 112 Å². The van der Waals surface area contributed by atoms with Crippen LogP contribution in [0.3, 0.4) is 0 Å². The number of hydrogen-bond donors (Lipinski definition) is 1. The molecule has 0 spiro atoms. The van der Waals surface area contributed by atoms with Crippen molar-refractivity contribution in [3.8, 4) is 5.88 Å². The second-order valence-electron chi connectivity index (χ2n) is 9.72. The first kappa shape index (κ1) is 23.9. The maximum absolute atomic E-state index is 12.5. The Morgan fingerprint density at radius 2 is 1.76 bits per heavy atom. The Kier molecular flexibility index (Phi) is 7.26. The standard InChI is InChI=1S/C24H32N6O4/c1-24(2)13-21(31)30(22(32)14-24)8-5-18-3-4-20(26-15-18)34-23(33)29-11-9-28(10-12-29)7-6-19-16-25-17-27-19/h3-4,15-17H,5-14H2,1-2H3,(H,25,27). The van der Waals surface area contributed by atoms with Crippen molar-refractivity contribution < 1.29 is 19.1 Å². The van der Waals surface area contributed by atoms with Crippen LogP contribution in [0.2, 0.25) is 0 Å². The minimum Gasteiger partial charge on any atom is -0.391 e. The lowest BCUT2D eigenvalue weighted by molar-refractivity contribution is -0.152. The average molecular weight is 469 g/mol. The molecule has 1 N–H and O–H groups in total. The summed E-state index contributed by atoms with van der Waals surface area (Å²) in [6, 6.07) is 3.46. The summed E-state index contributed by atoms with van der Waals surface area (Å²) in [5, 5.41) is 0. The molecule has 0 atom stereocenters. The van der Waals surface area contributed by atoms with Crippen molar-refractivity contribution in [2.24, 2.45) is 5.41 Å². The molecule has 10 nitrogen and oxygen atoms in total. The number of ether oxygens (including phenoxy) is 1. The van der Waals surface area contributed by atoms with E-state index in [9.17, 15) is 14.4 Å². The smallest absolute Gasteiger partial charge is 0.391 e. The first-order valence-electron chi connectivity index (χ1n) is 11.7. The highest BCUT2D eigenvalue weighted by Crippen LogP contribution is 2.31. The first-order valence-corrected chi connectivity index (χ1v) is 11.7. The molecule has 2 aromatic rings. The van der Waals surface area contributed by atoms with E-state index in [1.54, 1.807) is 23.5 Å². The van der Waals surface area contributed by atoms with E-state index >= 15 is 0 Å². The normalized spacial score (nSPS) is 18.9. The van der Waals surface area contributed by atoms with E-state index in [1.165, 1.54) is 4.90 Å². The van der Waals surface area contributed by atoms with Gasteiger partial charge in [-0.15, -0.1) is 0 Å². The third kappa shape index (κ3) is 6.19. The molecule has 2 aliphatic rings. The van der Waals surface area contributed by atoms with Gasteiger partial charge in [-0.05, 0) is 17.4 Å². The second kappa shape index (κ2) is 10.3. The molecule has 2 fully saturated rings. The van der Waals surface area contributed by atoms with Crippen molar-refractivity contribution >= 4 is 17.9 Å². The fraction of sp³-hybridized carbons (Fsp3) is 0.542. The van der Waals surface area contributed by atoms with Crippen LogP contribution >= 0.6 is 0 Å². The summed E-state index contributed by atoms with van der Waals surface area (Å²) in [5.41, 5.74) is 1.63. The molecule has 4 rings (SSSR count). The minimum absolute atomic E-state index is 0.124. The number of imidazole rings is 1. The summed E-state index contributed by atoms with van der Waals surface area (Å²) in [6.45, 7) is 7.90. The maximum atomic E-state index is 12.5. The molecule has 34 heavy (non-hydrogen) atoms. The summed E-state index contributed by atoms with van der Waals surface area (Å²) < 4.78 is 5.44. The van der Waals surface area contributed by atoms with Crippen molar-refractivity contribution in [3.63, 3.8) is 0 Å². The van der Waals surface area contributed by atoms with E-state index in [0.29, 0.717) is 38.9 Å². The van der Waals surface area contributed by atoms with Gasteiger partial charge in [0, 0.05) is 77.0 Å². The number of amides is 3. The molecule has 0 bridgehead atoms. The summed E-state index contributed by atoms with van der Waals surface area (Å²) >= 11 is 0. The number of carbonyl (C=O) groups excluding carboxylic acids is 3. The van der Waals surface area contributed by atoms with Crippen LogP contribution in [0, 0.1) is 5.41 Å². The molecule has 0 aromatic carbocycles. The van der Waals surface area contributed by atoms with Crippen molar-refractivity contribution in [1.82, 2.24) is 29.7 Å². The predicted molar refractivity (Wildman–Crippen MR) is 124 cm³/mol. The third-order valence-electron chi connectivity index (χ3n) is 6.34. The maximum Gasteiger partial charge on any atom is 0.416 e. The van der Waals surface area contributed by atoms with Gasteiger partial charge < -0.3 is 14.6 Å². The lowest BCUT2D eigenvalue weighted by Gasteiger charge is -2.34. The van der Waals surface area contributed by atoms with Crippen molar-refractivity contribution in [2.75, 3.05) is 39.3 Å². The Bertz CT molecular complexity index is 977. The van der Waals surface area contributed by atoms with Gasteiger partial charge in [0.2, 0.25) is 17.7 Å². The number of piperazine rings is 1. The van der Waals surface area contributed by atoms with E-state index in [-0.39, 0.29) is 23.1 Å². The summed E-state index contributed by atoms with van der Waals surface area (Å²) in [4.78, 5) is 53.9. The average Bonchev–Trinajstić information content (AvgIpc) is 3.31. The molecular weight excluding hydrogens is 436 g/mol. The third-order valence-corrected chi connectivity index (χ3v) is 6.34. The Balaban J connectivity index is 1.20. The van der Waals surface area contributed by atoms with E-state index < -0.39 is 6.09 Å².